The molecule has 0 spiro atoms. The van der Waals surface area contributed by atoms with E-state index in [1.165, 1.54) is 0 Å². The second-order valence-electron chi connectivity index (χ2n) is 5.88. The fraction of sp³-hybridized carbons (Fsp3) is 0.421. The van der Waals surface area contributed by atoms with Gasteiger partial charge in [0.15, 0.2) is 0 Å². The summed E-state index contributed by atoms with van der Waals surface area (Å²) in [6.45, 7) is 6.61. The summed E-state index contributed by atoms with van der Waals surface area (Å²) in [4.78, 5) is 25.3. The topological polar surface area (TPSA) is 49.3 Å². The van der Waals surface area contributed by atoms with Crippen molar-refractivity contribution >= 4 is 11.9 Å². The summed E-state index contributed by atoms with van der Waals surface area (Å²) >= 11 is 0. The van der Waals surface area contributed by atoms with Gasteiger partial charge in [-0.2, -0.15) is 0 Å². The smallest absolute Gasteiger partial charge is 0.272 e. The monoisotopic (exact) mass is 326 g/mol. The van der Waals surface area contributed by atoms with E-state index in [-0.39, 0.29) is 5.91 Å². The van der Waals surface area contributed by atoms with Gasteiger partial charge < -0.3 is 9.80 Å². The first kappa shape index (κ1) is 17.9. The van der Waals surface area contributed by atoms with Gasteiger partial charge in [0.25, 0.3) is 5.91 Å². The van der Waals surface area contributed by atoms with E-state index in [1.54, 1.807) is 24.2 Å². The van der Waals surface area contributed by atoms with Crippen molar-refractivity contribution in [1.82, 2.24) is 14.9 Å². The predicted molar refractivity (Wildman–Crippen MR) is 97.1 cm³/mol. The van der Waals surface area contributed by atoms with Gasteiger partial charge in [0.05, 0.1) is 0 Å². The van der Waals surface area contributed by atoms with Crippen molar-refractivity contribution in [2.24, 2.45) is 0 Å². The number of carbonyl (C=O) groups is 1. The Hall–Kier alpha value is -2.43. The van der Waals surface area contributed by atoms with E-state index in [0.717, 1.165) is 31.5 Å². The highest BCUT2D eigenvalue weighted by molar-refractivity contribution is 5.92. The molecule has 0 saturated heterocycles. The van der Waals surface area contributed by atoms with Crippen LogP contribution in [0, 0.1) is 0 Å². The molecule has 0 saturated carbocycles. The molecular formula is C19H26N4O. The molecule has 0 bridgehead atoms. The van der Waals surface area contributed by atoms with E-state index in [2.05, 4.69) is 28.7 Å². The van der Waals surface area contributed by atoms with E-state index in [4.69, 9.17) is 0 Å². The van der Waals surface area contributed by atoms with Crippen LogP contribution < -0.4 is 4.90 Å². The summed E-state index contributed by atoms with van der Waals surface area (Å²) in [5.41, 5.74) is 1.54. The highest BCUT2D eigenvalue weighted by atomic mass is 16.2. The number of nitrogens with zero attached hydrogens (tertiary/aromatic N) is 4. The Bertz CT molecular complexity index is 639. The number of amides is 1. The summed E-state index contributed by atoms with van der Waals surface area (Å²) in [5.74, 6) is 0.549. The number of hydrogen-bond donors (Lipinski definition) is 0. The van der Waals surface area contributed by atoms with Crippen LogP contribution in [0.4, 0.5) is 5.95 Å². The molecule has 1 heterocycles. The van der Waals surface area contributed by atoms with Crippen LogP contribution in [0.15, 0.2) is 42.6 Å². The fourth-order valence-corrected chi connectivity index (χ4v) is 2.60. The molecule has 5 heteroatoms. The minimum atomic E-state index is -0.0875. The third-order valence-corrected chi connectivity index (χ3v) is 3.74. The molecule has 1 aromatic carbocycles. The van der Waals surface area contributed by atoms with Gasteiger partial charge in [0.2, 0.25) is 5.95 Å². The molecule has 0 aliphatic rings. The average molecular weight is 326 g/mol. The van der Waals surface area contributed by atoms with Crippen LogP contribution in [-0.4, -0.2) is 40.9 Å². The lowest BCUT2D eigenvalue weighted by Crippen LogP contribution is -2.30. The number of benzene rings is 1. The van der Waals surface area contributed by atoms with Gasteiger partial charge in [0.1, 0.15) is 5.69 Å². The molecule has 0 radical (unpaired) electrons. The number of anilines is 1. The maximum atomic E-state index is 12.7. The number of hydrogen-bond acceptors (Lipinski definition) is 4. The molecule has 0 aliphatic heterocycles. The largest absolute Gasteiger partial charge is 0.341 e. The van der Waals surface area contributed by atoms with Gasteiger partial charge in [-0.1, -0.05) is 44.2 Å². The third kappa shape index (κ3) is 4.78. The predicted octanol–water partition coefficient (Wildman–Crippen LogP) is 3.38. The van der Waals surface area contributed by atoms with Crippen LogP contribution >= 0.6 is 0 Å². The summed E-state index contributed by atoms with van der Waals surface area (Å²) in [7, 11) is 1.80. The zero-order valence-corrected chi connectivity index (χ0v) is 14.8. The molecular weight excluding hydrogens is 300 g/mol. The molecule has 0 N–H and O–H groups in total. The quantitative estimate of drug-likeness (QED) is 0.746. The molecule has 1 amide bonds. The summed E-state index contributed by atoms with van der Waals surface area (Å²) in [5, 5.41) is 0. The van der Waals surface area contributed by atoms with Crippen LogP contribution in [0.25, 0.3) is 0 Å². The van der Waals surface area contributed by atoms with Crippen molar-refractivity contribution < 1.29 is 4.79 Å². The standard InChI is InChI=1S/C19H26N4O/c1-4-13-23(14-5-2)19-20-12-11-17(21-19)18(24)22(3)15-16-9-7-6-8-10-16/h6-12H,4-5,13-15H2,1-3H3. The molecule has 1 aromatic heterocycles. The maximum Gasteiger partial charge on any atom is 0.272 e. The zero-order chi connectivity index (χ0) is 17.4. The Kier molecular flexibility index (Phi) is 6.73. The molecule has 0 atom stereocenters. The number of carbonyl (C=O) groups excluding carboxylic acids is 1. The Morgan fingerprint density at radius 1 is 1.04 bits per heavy atom. The van der Waals surface area contributed by atoms with Crippen LogP contribution in [-0.2, 0) is 6.54 Å². The Morgan fingerprint density at radius 2 is 1.71 bits per heavy atom. The molecule has 0 fully saturated rings. The minimum Gasteiger partial charge on any atom is -0.341 e. The summed E-state index contributed by atoms with van der Waals surface area (Å²) in [6, 6.07) is 11.6. The molecule has 5 nitrogen and oxygen atoms in total. The van der Waals surface area contributed by atoms with Gasteiger partial charge in [-0.25, -0.2) is 9.97 Å². The van der Waals surface area contributed by atoms with Crippen LogP contribution in [0.5, 0.6) is 0 Å². The first-order valence-corrected chi connectivity index (χ1v) is 8.53. The first-order valence-electron chi connectivity index (χ1n) is 8.53. The average Bonchev–Trinajstić information content (AvgIpc) is 2.62. The lowest BCUT2D eigenvalue weighted by atomic mass is 10.2. The molecule has 24 heavy (non-hydrogen) atoms. The van der Waals surface area contributed by atoms with E-state index in [1.807, 2.05) is 30.3 Å². The molecule has 2 rings (SSSR count). The number of rotatable bonds is 8. The van der Waals surface area contributed by atoms with Gasteiger partial charge in [-0.3, -0.25) is 4.79 Å². The van der Waals surface area contributed by atoms with E-state index < -0.39 is 0 Å². The van der Waals surface area contributed by atoms with Crippen molar-refractivity contribution in [1.29, 1.82) is 0 Å². The lowest BCUT2D eigenvalue weighted by molar-refractivity contribution is 0.0779. The van der Waals surface area contributed by atoms with Gasteiger partial charge in [0, 0.05) is 32.9 Å². The third-order valence-electron chi connectivity index (χ3n) is 3.74. The maximum absolute atomic E-state index is 12.7. The zero-order valence-electron chi connectivity index (χ0n) is 14.8. The van der Waals surface area contributed by atoms with Crippen molar-refractivity contribution in [3.63, 3.8) is 0 Å². The Balaban J connectivity index is 2.13. The van der Waals surface area contributed by atoms with Crippen LogP contribution in [0.2, 0.25) is 0 Å². The lowest BCUT2D eigenvalue weighted by Gasteiger charge is -2.22. The van der Waals surface area contributed by atoms with Crippen molar-refractivity contribution in [2.75, 3.05) is 25.0 Å². The minimum absolute atomic E-state index is 0.0875. The van der Waals surface area contributed by atoms with E-state index in [0.29, 0.717) is 18.2 Å². The van der Waals surface area contributed by atoms with Crippen LogP contribution in [0.1, 0.15) is 42.7 Å². The van der Waals surface area contributed by atoms with Crippen molar-refractivity contribution in [3.05, 3.63) is 53.9 Å². The van der Waals surface area contributed by atoms with Crippen molar-refractivity contribution in [3.8, 4) is 0 Å². The second kappa shape index (κ2) is 9.01. The van der Waals surface area contributed by atoms with Gasteiger partial charge in [-0.15, -0.1) is 0 Å². The van der Waals surface area contributed by atoms with Crippen molar-refractivity contribution in [2.45, 2.75) is 33.2 Å². The highest BCUT2D eigenvalue weighted by Crippen LogP contribution is 2.12. The Morgan fingerprint density at radius 3 is 2.33 bits per heavy atom. The normalized spacial score (nSPS) is 10.5. The molecule has 0 aliphatic carbocycles. The van der Waals surface area contributed by atoms with Gasteiger partial charge >= 0.3 is 0 Å². The fourth-order valence-electron chi connectivity index (χ4n) is 2.60. The van der Waals surface area contributed by atoms with Gasteiger partial charge in [-0.05, 0) is 24.5 Å². The molecule has 128 valence electrons. The van der Waals surface area contributed by atoms with Crippen LogP contribution in [0.3, 0.4) is 0 Å². The first-order chi connectivity index (χ1) is 11.7. The van der Waals surface area contributed by atoms with E-state index in [9.17, 15) is 4.79 Å². The second-order valence-corrected chi connectivity index (χ2v) is 5.88. The molecule has 0 unspecified atom stereocenters. The number of aromatic nitrogens is 2. The highest BCUT2D eigenvalue weighted by Gasteiger charge is 2.16. The SMILES string of the molecule is CCCN(CCC)c1nccc(C(=O)N(C)Cc2ccccc2)n1. The summed E-state index contributed by atoms with van der Waals surface area (Å²) < 4.78 is 0. The summed E-state index contributed by atoms with van der Waals surface area (Å²) in [6.07, 6.45) is 3.72. The Labute approximate surface area is 144 Å². The van der Waals surface area contributed by atoms with E-state index >= 15 is 0 Å². The molecule has 2 aromatic rings.